The Morgan fingerprint density at radius 2 is 1.31 bits per heavy atom. The van der Waals surface area contributed by atoms with Crippen LogP contribution in [-0.4, -0.2) is 44.8 Å². The Hall–Kier alpha value is -5.13. The molecule has 8 N–H and O–H groups in total. The number of hydrogen-bond donors (Lipinski definition) is 4. The van der Waals surface area contributed by atoms with Gasteiger partial charge in [0.1, 0.15) is 18.1 Å². The average molecular weight is 585 g/mol. The van der Waals surface area contributed by atoms with Crippen LogP contribution in [0.3, 0.4) is 0 Å². The quantitative estimate of drug-likeness (QED) is 0.0839. The molecule has 0 saturated carbocycles. The van der Waals surface area contributed by atoms with Crippen molar-refractivity contribution in [3.05, 3.63) is 82.9 Å². The number of rotatable bonds is 9. The number of hydrogen-bond acceptors (Lipinski definition) is 11. The number of nitro benzene ring substituents is 1. The summed E-state index contributed by atoms with van der Waals surface area (Å²) in [5.41, 5.74) is 26.0. The Morgan fingerprint density at radius 3 is 1.67 bits per heavy atom. The molecule has 0 heterocycles. The molecule has 0 saturated heterocycles. The van der Waals surface area contributed by atoms with Gasteiger partial charge in [0.2, 0.25) is 0 Å². The standard InChI is InChI=1S/C14H20N2O2.C8H12N2O2.C6H6N2O2.C2H6/c1-4-16(9-10-18-14(17)11(2)3)13-7-5-12(15)6-8-13;1-11-7-3-6(10)8(12-2)4-5(7)9;7-5-1-3-6(4-2-5)8(9)10;1-2/h5-8H,2,4,9-10,15H2,1,3H3;3-4H,9-10H2,1-2H3;1-4H,7H2;1-2H3. The zero-order valence-corrected chi connectivity index (χ0v) is 25.3. The molecule has 3 aromatic rings. The van der Waals surface area contributed by atoms with Crippen molar-refractivity contribution in [2.24, 2.45) is 0 Å². The highest BCUT2D eigenvalue weighted by Crippen LogP contribution is 2.32. The van der Waals surface area contributed by atoms with E-state index in [9.17, 15) is 14.9 Å². The normalized spacial score (nSPS) is 9.29. The third-order valence-electron chi connectivity index (χ3n) is 5.27. The molecular weight excluding hydrogens is 540 g/mol. The van der Waals surface area contributed by atoms with E-state index in [1.807, 2.05) is 38.1 Å². The van der Waals surface area contributed by atoms with Crippen LogP contribution in [0.1, 0.15) is 27.7 Å². The van der Waals surface area contributed by atoms with Gasteiger partial charge in [-0.05, 0) is 50.2 Å². The molecule has 0 aliphatic rings. The molecule has 0 amide bonds. The van der Waals surface area contributed by atoms with Crippen LogP contribution in [0.25, 0.3) is 0 Å². The lowest BCUT2D eigenvalue weighted by Crippen LogP contribution is -2.28. The first-order chi connectivity index (χ1) is 19.9. The monoisotopic (exact) mass is 584 g/mol. The molecule has 3 aromatic carbocycles. The minimum atomic E-state index is -0.459. The van der Waals surface area contributed by atoms with Gasteiger partial charge < -0.3 is 42.0 Å². The van der Waals surface area contributed by atoms with Crippen molar-refractivity contribution in [1.82, 2.24) is 0 Å². The van der Waals surface area contributed by atoms with Crippen LogP contribution in [0.2, 0.25) is 0 Å². The first-order valence-electron chi connectivity index (χ1n) is 13.1. The molecular formula is C30H44N6O6. The van der Waals surface area contributed by atoms with Crippen LogP contribution in [0, 0.1) is 10.1 Å². The summed E-state index contributed by atoms with van der Waals surface area (Å²) in [6, 6.07) is 16.6. The van der Waals surface area contributed by atoms with Crippen molar-refractivity contribution in [2.45, 2.75) is 27.7 Å². The van der Waals surface area contributed by atoms with E-state index in [4.69, 9.17) is 37.1 Å². The zero-order chi connectivity index (χ0) is 32.2. The zero-order valence-electron chi connectivity index (χ0n) is 25.3. The summed E-state index contributed by atoms with van der Waals surface area (Å²) in [6.45, 7) is 13.1. The van der Waals surface area contributed by atoms with Gasteiger partial charge in [-0.15, -0.1) is 0 Å². The molecule has 42 heavy (non-hydrogen) atoms. The van der Waals surface area contributed by atoms with Crippen LogP contribution in [-0.2, 0) is 9.53 Å². The van der Waals surface area contributed by atoms with E-state index >= 15 is 0 Å². The molecule has 0 aliphatic heterocycles. The number of ether oxygens (including phenoxy) is 3. The molecule has 3 rings (SSSR count). The molecule has 0 fully saturated rings. The molecule has 0 bridgehead atoms. The predicted octanol–water partition coefficient (Wildman–Crippen LogP) is 5.29. The molecule has 0 unspecified atom stereocenters. The van der Waals surface area contributed by atoms with Crippen molar-refractivity contribution in [1.29, 1.82) is 0 Å². The van der Waals surface area contributed by atoms with Gasteiger partial charge in [-0.2, -0.15) is 0 Å². The third kappa shape index (κ3) is 13.3. The van der Waals surface area contributed by atoms with Gasteiger partial charge in [0, 0.05) is 53.4 Å². The molecule has 0 radical (unpaired) electrons. The SMILES string of the molecule is C=C(C)C(=O)OCCN(CC)c1ccc(N)cc1.CC.COc1cc(N)c(OC)cc1N.Nc1ccc([N+](=O)[O-])cc1. The van der Waals surface area contributed by atoms with Crippen LogP contribution in [0.4, 0.5) is 34.1 Å². The lowest BCUT2D eigenvalue weighted by atomic mass is 10.2. The summed E-state index contributed by atoms with van der Waals surface area (Å²) in [6.07, 6.45) is 0. The second-order valence-corrected chi connectivity index (χ2v) is 8.27. The first kappa shape index (κ1) is 36.9. The maximum absolute atomic E-state index is 11.2. The Morgan fingerprint density at radius 1 is 0.881 bits per heavy atom. The fourth-order valence-electron chi connectivity index (χ4n) is 3.07. The highest BCUT2D eigenvalue weighted by Gasteiger charge is 2.07. The van der Waals surface area contributed by atoms with Gasteiger partial charge in [-0.25, -0.2) is 4.79 Å². The number of anilines is 5. The van der Waals surface area contributed by atoms with Crippen molar-refractivity contribution in [3.8, 4) is 11.5 Å². The van der Waals surface area contributed by atoms with Crippen molar-refractivity contribution in [2.75, 3.05) is 61.8 Å². The van der Waals surface area contributed by atoms with Gasteiger partial charge in [0.05, 0.1) is 37.1 Å². The minimum absolute atomic E-state index is 0.0641. The fourth-order valence-corrected chi connectivity index (χ4v) is 3.07. The highest BCUT2D eigenvalue weighted by atomic mass is 16.6. The topological polar surface area (TPSA) is 195 Å². The maximum atomic E-state index is 11.2. The smallest absolute Gasteiger partial charge is 0.333 e. The van der Waals surface area contributed by atoms with Gasteiger partial charge >= 0.3 is 5.97 Å². The van der Waals surface area contributed by atoms with Crippen molar-refractivity contribution in [3.63, 3.8) is 0 Å². The number of likely N-dealkylation sites (N-methyl/N-ethyl adjacent to an activating group) is 1. The highest BCUT2D eigenvalue weighted by molar-refractivity contribution is 5.86. The lowest BCUT2D eigenvalue weighted by Gasteiger charge is -2.23. The van der Waals surface area contributed by atoms with Crippen LogP contribution in [0.15, 0.2) is 72.8 Å². The van der Waals surface area contributed by atoms with Crippen LogP contribution < -0.4 is 37.3 Å². The second kappa shape index (κ2) is 19.9. The number of methoxy groups -OCH3 is 2. The molecule has 0 aliphatic carbocycles. The van der Waals surface area contributed by atoms with E-state index in [1.54, 1.807) is 19.1 Å². The van der Waals surface area contributed by atoms with E-state index in [1.165, 1.54) is 38.5 Å². The summed E-state index contributed by atoms with van der Waals surface area (Å²) in [5.74, 6) is 0.782. The molecule has 230 valence electrons. The summed E-state index contributed by atoms with van der Waals surface area (Å²) >= 11 is 0. The maximum Gasteiger partial charge on any atom is 0.333 e. The molecule has 12 nitrogen and oxygen atoms in total. The Balaban J connectivity index is 0.000000610. The molecule has 0 atom stereocenters. The number of nitro groups is 1. The Bertz CT molecular complexity index is 1220. The summed E-state index contributed by atoms with van der Waals surface area (Å²) in [4.78, 5) is 23.0. The second-order valence-electron chi connectivity index (χ2n) is 8.27. The number of nitrogen functional groups attached to an aromatic ring is 4. The van der Waals surface area contributed by atoms with Crippen LogP contribution >= 0.6 is 0 Å². The number of esters is 1. The van der Waals surface area contributed by atoms with Crippen molar-refractivity contribution >= 4 is 40.1 Å². The molecule has 12 heteroatoms. The summed E-state index contributed by atoms with van der Waals surface area (Å²) < 4.78 is 15.0. The Labute approximate surface area is 248 Å². The number of non-ortho nitro benzene ring substituents is 1. The largest absolute Gasteiger partial charge is 0.495 e. The number of carbonyl (C=O) groups is 1. The molecule has 0 spiro atoms. The van der Waals surface area contributed by atoms with E-state index in [-0.39, 0.29) is 11.7 Å². The lowest BCUT2D eigenvalue weighted by molar-refractivity contribution is -0.384. The van der Waals surface area contributed by atoms with Gasteiger partial charge in [0.15, 0.2) is 0 Å². The van der Waals surface area contributed by atoms with E-state index in [2.05, 4.69) is 18.4 Å². The summed E-state index contributed by atoms with van der Waals surface area (Å²) in [7, 11) is 3.08. The van der Waals surface area contributed by atoms with Crippen molar-refractivity contribution < 1.29 is 23.9 Å². The number of nitrogens with zero attached hydrogens (tertiary/aromatic N) is 2. The third-order valence-corrected chi connectivity index (χ3v) is 5.27. The first-order valence-corrected chi connectivity index (χ1v) is 13.1. The fraction of sp³-hybridized carbons (Fsp3) is 0.300. The molecule has 0 aromatic heterocycles. The number of benzene rings is 3. The number of nitrogens with two attached hydrogens (primary N) is 4. The van der Waals surface area contributed by atoms with Gasteiger partial charge in [-0.1, -0.05) is 20.4 Å². The average Bonchev–Trinajstić information content (AvgIpc) is 2.98. The van der Waals surface area contributed by atoms with E-state index < -0.39 is 4.92 Å². The van der Waals surface area contributed by atoms with Crippen LogP contribution in [0.5, 0.6) is 11.5 Å². The van der Waals surface area contributed by atoms with Gasteiger partial charge in [0.25, 0.3) is 5.69 Å². The summed E-state index contributed by atoms with van der Waals surface area (Å²) in [5, 5.41) is 10.1. The Kier molecular flexibility index (Phi) is 17.4. The van der Waals surface area contributed by atoms with E-state index in [0.717, 1.165) is 17.9 Å². The minimum Gasteiger partial charge on any atom is -0.495 e. The van der Waals surface area contributed by atoms with E-state index in [0.29, 0.717) is 47.3 Å². The van der Waals surface area contributed by atoms with Gasteiger partial charge in [-0.3, -0.25) is 10.1 Å². The predicted molar refractivity (Wildman–Crippen MR) is 172 cm³/mol. The number of carbonyl (C=O) groups excluding carboxylic acids is 1.